The first-order valence-corrected chi connectivity index (χ1v) is 11.7. The van der Waals surface area contributed by atoms with E-state index in [4.69, 9.17) is 10.2 Å². The molecule has 31 heavy (non-hydrogen) atoms. The molecule has 4 rings (SSSR count). The van der Waals surface area contributed by atoms with Crippen LogP contribution in [0.15, 0.2) is 56.2 Å². The van der Waals surface area contributed by atoms with Gasteiger partial charge in [-0.1, -0.05) is 43.0 Å². The molecule has 2 aromatic rings. The molecule has 0 saturated carbocycles. The molecule has 0 aromatic carbocycles. The Hall–Kier alpha value is -2.83. The lowest BCUT2D eigenvalue weighted by Crippen LogP contribution is -2.42. The smallest absolute Gasteiger partial charge is 0.219 e. The van der Waals surface area contributed by atoms with Crippen molar-refractivity contribution in [3.63, 3.8) is 0 Å². The Morgan fingerprint density at radius 1 is 1.45 bits per heavy atom. The Morgan fingerprint density at radius 3 is 2.87 bits per heavy atom. The van der Waals surface area contributed by atoms with E-state index >= 15 is 0 Å². The van der Waals surface area contributed by atoms with Crippen LogP contribution in [0.25, 0.3) is 0 Å². The zero-order valence-corrected chi connectivity index (χ0v) is 19.3. The number of hydrogen-bond acceptors (Lipinski definition) is 9. The van der Waals surface area contributed by atoms with Gasteiger partial charge in [0.15, 0.2) is 10.1 Å². The van der Waals surface area contributed by atoms with E-state index in [0.717, 1.165) is 10.0 Å². The third-order valence-electron chi connectivity index (χ3n) is 5.34. The van der Waals surface area contributed by atoms with Crippen molar-refractivity contribution < 1.29 is 9.21 Å². The molecule has 0 radical (unpaired) electrons. The number of rotatable bonds is 5. The molecular formula is C22H23N5O2S2. The number of furan rings is 1. The van der Waals surface area contributed by atoms with E-state index in [1.54, 1.807) is 11.0 Å². The van der Waals surface area contributed by atoms with E-state index in [9.17, 15) is 10.1 Å². The molecule has 0 spiro atoms. The number of thioether (sulfide) groups is 1. The second-order valence-corrected chi connectivity index (χ2v) is 10.6. The van der Waals surface area contributed by atoms with Crippen LogP contribution in [0, 0.1) is 23.7 Å². The second-order valence-electron chi connectivity index (χ2n) is 8.38. The number of hydrogen-bond donors (Lipinski definition) is 1. The SMILES string of the molecule is C=CCSc1nnc(N2C(N)=C(C#N)C(c3ccc(C)o3)C3=C2CC(C)(C)CC3=O)s1. The summed E-state index contributed by atoms with van der Waals surface area (Å²) in [6, 6.07) is 5.88. The van der Waals surface area contributed by atoms with Crippen molar-refractivity contribution in [1.29, 1.82) is 5.26 Å². The van der Waals surface area contributed by atoms with Crippen LogP contribution in [-0.2, 0) is 4.79 Å². The van der Waals surface area contributed by atoms with Gasteiger partial charge < -0.3 is 10.2 Å². The van der Waals surface area contributed by atoms with Gasteiger partial charge in [0, 0.05) is 23.4 Å². The van der Waals surface area contributed by atoms with Crippen molar-refractivity contribution in [3.05, 3.63) is 59.0 Å². The first-order valence-electron chi connectivity index (χ1n) is 9.85. The molecule has 3 heterocycles. The quantitative estimate of drug-likeness (QED) is 0.514. The number of ketones is 1. The summed E-state index contributed by atoms with van der Waals surface area (Å²) in [5, 5.41) is 19.1. The van der Waals surface area contributed by atoms with Crippen LogP contribution in [0.5, 0.6) is 0 Å². The number of aryl methyl sites for hydroxylation is 1. The molecule has 1 aliphatic heterocycles. The molecule has 0 bridgehead atoms. The Labute approximate surface area is 189 Å². The van der Waals surface area contributed by atoms with Crippen LogP contribution in [0.1, 0.15) is 44.1 Å². The molecule has 2 aromatic heterocycles. The van der Waals surface area contributed by atoms with Crippen molar-refractivity contribution in [1.82, 2.24) is 10.2 Å². The Balaban J connectivity index is 1.91. The minimum Gasteiger partial charge on any atom is -0.465 e. The second kappa shape index (κ2) is 8.02. The molecule has 1 unspecified atom stereocenters. The number of aromatic nitrogens is 2. The zero-order chi connectivity index (χ0) is 22.3. The summed E-state index contributed by atoms with van der Waals surface area (Å²) in [5.74, 6) is 1.63. The molecular weight excluding hydrogens is 430 g/mol. The average molecular weight is 454 g/mol. The number of allylic oxidation sites excluding steroid dienone is 3. The maximum absolute atomic E-state index is 13.4. The van der Waals surface area contributed by atoms with E-state index in [2.05, 4.69) is 36.7 Å². The summed E-state index contributed by atoms with van der Waals surface area (Å²) in [5.41, 5.74) is 7.94. The third-order valence-corrected chi connectivity index (χ3v) is 7.38. The summed E-state index contributed by atoms with van der Waals surface area (Å²) in [4.78, 5) is 15.1. The fourth-order valence-corrected chi connectivity index (χ4v) is 5.74. The Bertz CT molecular complexity index is 1160. The monoisotopic (exact) mass is 453 g/mol. The van der Waals surface area contributed by atoms with Gasteiger partial charge >= 0.3 is 0 Å². The normalized spacial score (nSPS) is 20.6. The summed E-state index contributed by atoms with van der Waals surface area (Å²) < 4.78 is 6.63. The number of nitriles is 1. The highest BCUT2D eigenvalue weighted by Gasteiger charge is 2.46. The van der Waals surface area contributed by atoms with Gasteiger partial charge in [0.25, 0.3) is 0 Å². The molecule has 0 fully saturated rings. The van der Waals surface area contributed by atoms with E-state index < -0.39 is 5.92 Å². The number of anilines is 1. The highest BCUT2D eigenvalue weighted by Crippen LogP contribution is 2.50. The number of carbonyl (C=O) groups is 1. The van der Waals surface area contributed by atoms with E-state index in [-0.39, 0.29) is 22.6 Å². The average Bonchev–Trinajstić information content (AvgIpc) is 3.33. The van der Waals surface area contributed by atoms with Gasteiger partial charge in [-0.25, -0.2) is 0 Å². The van der Waals surface area contributed by atoms with Crippen molar-refractivity contribution in [2.24, 2.45) is 11.1 Å². The molecule has 7 nitrogen and oxygen atoms in total. The predicted octanol–water partition coefficient (Wildman–Crippen LogP) is 4.66. The maximum Gasteiger partial charge on any atom is 0.219 e. The number of nitrogens with two attached hydrogens (primary N) is 1. The fourth-order valence-electron chi connectivity index (χ4n) is 4.10. The van der Waals surface area contributed by atoms with Crippen LogP contribution >= 0.6 is 23.1 Å². The van der Waals surface area contributed by atoms with E-state index in [1.165, 1.54) is 23.1 Å². The van der Waals surface area contributed by atoms with Gasteiger partial charge in [0.1, 0.15) is 17.3 Å². The molecule has 2 aliphatic rings. The van der Waals surface area contributed by atoms with Gasteiger partial charge in [-0.05, 0) is 30.9 Å². The van der Waals surface area contributed by atoms with Crippen LogP contribution in [0.2, 0.25) is 0 Å². The lowest BCUT2D eigenvalue weighted by atomic mass is 9.69. The van der Waals surface area contributed by atoms with Crippen molar-refractivity contribution in [2.75, 3.05) is 10.7 Å². The summed E-state index contributed by atoms with van der Waals surface area (Å²) in [6.45, 7) is 9.69. The van der Waals surface area contributed by atoms with Gasteiger partial charge in [-0.15, -0.1) is 16.8 Å². The Morgan fingerprint density at radius 2 is 2.23 bits per heavy atom. The van der Waals surface area contributed by atoms with Crippen molar-refractivity contribution >= 4 is 34.0 Å². The summed E-state index contributed by atoms with van der Waals surface area (Å²) in [7, 11) is 0. The lowest BCUT2D eigenvalue weighted by Gasteiger charge is -2.42. The Kier molecular flexibility index (Phi) is 5.54. The minimum absolute atomic E-state index is 0.00123. The largest absolute Gasteiger partial charge is 0.465 e. The zero-order valence-electron chi connectivity index (χ0n) is 17.6. The summed E-state index contributed by atoms with van der Waals surface area (Å²) in [6.07, 6.45) is 2.82. The summed E-state index contributed by atoms with van der Waals surface area (Å²) >= 11 is 2.90. The van der Waals surface area contributed by atoms with Crippen molar-refractivity contribution in [3.8, 4) is 6.07 Å². The molecule has 1 atom stereocenters. The van der Waals surface area contributed by atoms with Gasteiger partial charge in [-0.3, -0.25) is 9.69 Å². The van der Waals surface area contributed by atoms with Crippen LogP contribution in [0.3, 0.4) is 0 Å². The van der Waals surface area contributed by atoms with Gasteiger partial charge in [0.2, 0.25) is 5.13 Å². The highest BCUT2D eigenvalue weighted by atomic mass is 32.2. The van der Waals surface area contributed by atoms with E-state index in [1.807, 2.05) is 19.1 Å². The molecule has 2 N–H and O–H groups in total. The van der Waals surface area contributed by atoms with E-state index in [0.29, 0.717) is 40.8 Å². The fraction of sp³-hybridized carbons (Fsp3) is 0.364. The van der Waals surface area contributed by atoms with Crippen LogP contribution in [-0.4, -0.2) is 21.7 Å². The first kappa shape index (κ1) is 21.4. The lowest BCUT2D eigenvalue weighted by molar-refractivity contribution is -0.118. The minimum atomic E-state index is -0.615. The standard InChI is InChI=1S/C22H23N5O2S2/c1-5-8-30-21-26-25-20(31-21)27-14-9-22(3,4)10-15(28)18(14)17(13(11-23)19(27)24)16-7-6-12(2)29-16/h5-7,17H,1,8-10,24H2,2-4H3. The van der Waals surface area contributed by atoms with Gasteiger partial charge in [-0.2, -0.15) is 5.26 Å². The first-order chi connectivity index (χ1) is 14.8. The number of carbonyl (C=O) groups excluding carboxylic acids is 1. The van der Waals surface area contributed by atoms with Crippen molar-refractivity contribution in [2.45, 2.75) is 43.9 Å². The molecule has 1 aliphatic carbocycles. The highest BCUT2D eigenvalue weighted by molar-refractivity contribution is 8.01. The third kappa shape index (κ3) is 3.82. The molecule has 160 valence electrons. The molecule has 9 heteroatoms. The molecule has 0 saturated heterocycles. The molecule has 0 amide bonds. The predicted molar refractivity (Wildman–Crippen MR) is 121 cm³/mol. The number of nitrogens with zero attached hydrogens (tertiary/aromatic N) is 4. The van der Waals surface area contributed by atoms with Crippen LogP contribution in [0.4, 0.5) is 5.13 Å². The van der Waals surface area contributed by atoms with Crippen LogP contribution < -0.4 is 10.6 Å². The number of Topliss-reactive ketones (excluding diaryl/α,β-unsaturated/α-hetero) is 1. The topological polar surface area (TPSA) is 109 Å². The maximum atomic E-state index is 13.4. The van der Waals surface area contributed by atoms with Gasteiger partial charge in [0.05, 0.1) is 17.6 Å².